The Balaban J connectivity index is 0.986. The van der Waals surface area contributed by atoms with Crippen molar-refractivity contribution in [1.29, 1.82) is 0 Å². The number of ether oxygens (including phenoxy) is 4. The monoisotopic (exact) mass is 632 g/mol. The maximum absolute atomic E-state index is 14.8. The number of fused-ring (bicyclic) bond motifs is 2. The van der Waals surface area contributed by atoms with Crippen LogP contribution in [0, 0.1) is 11.7 Å². The number of nitrogens with zero attached hydrogens (tertiary/aromatic N) is 2. The number of aromatic nitrogens is 1. The summed E-state index contributed by atoms with van der Waals surface area (Å²) in [4.78, 5) is 18.8. The van der Waals surface area contributed by atoms with E-state index in [2.05, 4.69) is 22.5 Å². The maximum Gasteiger partial charge on any atom is 0.335 e. The summed E-state index contributed by atoms with van der Waals surface area (Å²) in [6.45, 7) is 7.61. The number of hydrogen-bond donors (Lipinski definition) is 3. The van der Waals surface area contributed by atoms with Gasteiger partial charge in [-0.05, 0) is 66.8 Å². The topological polar surface area (TPSA) is 114 Å². The third kappa shape index (κ3) is 6.55. The first-order chi connectivity index (χ1) is 22.4. The molecule has 2 aromatic carbocycles. The molecule has 4 aliphatic rings. The van der Waals surface area contributed by atoms with E-state index in [0.717, 1.165) is 54.2 Å². The lowest BCUT2D eigenvalue weighted by molar-refractivity contribution is -0.0449. The Morgan fingerprint density at radius 1 is 1.15 bits per heavy atom. The zero-order valence-corrected chi connectivity index (χ0v) is 26.0. The van der Waals surface area contributed by atoms with E-state index in [4.69, 9.17) is 23.9 Å². The quantitative estimate of drug-likeness (QED) is 0.239. The molecule has 4 atom stereocenters. The number of carboxylic acids is 1. The third-order valence-corrected chi connectivity index (χ3v) is 9.64. The molecule has 46 heavy (non-hydrogen) atoms. The van der Waals surface area contributed by atoms with Crippen LogP contribution in [0.3, 0.4) is 0 Å². The van der Waals surface area contributed by atoms with Crippen LogP contribution >= 0.6 is 0 Å². The Labute approximate surface area is 268 Å². The highest BCUT2D eigenvalue weighted by Crippen LogP contribution is 2.37. The van der Waals surface area contributed by atoms with Crippen molar-refractivity contribution in [2.24, 2.45) is 5.92 Å². The van der Waals surface area contributed by atoms with E-state index < -0.39 is 5.97 Å². The van der Waals surface area contributed by atoms with E-state index in [-0.39, 0.29) is 48.0 Å². The van der Waals surface area contributed by atoms with Crippen molar-refractivity contribution < 1.29 is 33.2 Å². The fourth-order valence-electron chi connectivity index (χ4n) is 6.67. The summed E-state index contributed by atoms with van der Waals surface area (Å²) >= 11 is 0. The number of pyridine rings is 1. The normalized spacial score (nSPS) is 23.8. The standard InChI is InChI=1S/C35H41FN4O6/c1-21-16-43-17-25-5-7-33(46-20-24-3-2-22(12-29(24)36)26-18-44-19-26)39-34(25)28(21)8-10-37-14-32-38-30-6-4-23(35(41)42)13-31(30)40(32)15-27-9-11-45-27/h2-7,12-13,21,26-28,32,37-38H,8-11,14-20H2,1H3,(H,41,42). The van der Waals surface area contributed by atoms with E-state index in [1.54, 1.807) is 24.3 Å². The minimum Gasteiger partial charge on any atom is -0.478 e. The van der Waals surface area contributed by atoms with Crippen molar-refractivity contribution >= 4 is 17.3 Å². The maximum atomic E-state index is 14.8. The zero-order chi connectivity index (χ0) is 31.6. The van der Waals surface area contributed by atoms with E-state index in [1.807, 2.05) is 24.3 Å². The van der Waals surface area contributed by atoms with Gasteiger partial charge in [-0.3, -0.25) is 0 Å². The molecule has 10 nitrogen and oxygen atoms in total. The Kier molecular flexibility index (Phi) is 9.08. The van der Waals surface area contributed by atoms with Crippen LogP contribution in [0.2, 0.25) is 0 Å². The zero-order valence-electron chi connectivity index (χ0n) is 26.0. The van der Waals surface area contributed by atoms with Gasteiger partial charge < -0.3 is 39.6 Å². The number of rotatable bonds is 12. The minimum absolute atomic E-state index is 0.0277. The Morgan fingerprint density at radius 3 is 2.76 bits per heavy atom. The van der Waals surface area contributed by atoms with Crippen LogP contribution in [0.25, 0.3) is 0 Å². The Hall–Kier alpha value is -3.77. The van der Waals surface area contributed by atoms with Gasteiger partial charge in [-0.15, -0.1) is 0 Å². The molecular weight excluding hydrogens is 591 g/mol. The van der Waals surface area contributed by atoms with Crippen molar-refractivity contribution in [3.8, 4) is 5.88 Å². The fraction of sp³-hybridized carbons (Fsp3) is 0.486. The number of carbonyl (C=O) groups is 1. The SMILES string of the molecule is CC1COCc2ccc(OCc3ccc(C4COC4)cc3F)nc2C1CCNCC1Nc2ccc(C(=O)O)cc2N1CC1CCO1. The second kappa shape index (κ2) is 13.5. The summed E-state index contributed by atoms with van der Waals surface area (Å²) in [7, 11) is 0. The number of halogens is 1. The molecule has 3 N–H and O–H groups in total. The molecule has 3 aromatic rings. The second-order valence-corrected chi connectivity index (χ2v) is 12.8. The molecule has 0 aliphatic carbocycles. The fourth-order valence-corrected chi connectivity index (χ4v) is 6.67. The third-order valence-electron chi connectivity index (χ3n) is 9.64. The Morgan fingerprint density at radius 2 is 2.02 bits per heavy atom. The molecule has 2 fully saturated rings. The van der Waals surface area contributed by atoms with Crippen molar-refractivity contribution in [1.82, 2.24) is 10.3 Å². The molecule has 4 aliphatic heterocycles. The molecule has 0 amide bonds. The first-order valence-corrected chi connectivity index (χ1v) is 16.2. The molecule has 244 valence electrons. The van der Waals surface area contributed by atoms with E-state index in [0.29, 0.717) is 51.0 Å². The van der Waals surface area contributed by atoms with Crippen molar-refractivity contribution in [2.75, 3.05) is 56.3 Å². The predicted molar refractivity (Wildman–Crippen MR) is 170 cm³/mol. The number of benzene rings is 2. The van der Waals surface area contributed by atoms with Crippen LogP contribution in [-0.2, 0) is 27.4 Å². The van der Waals surface area contributed by atoms with E-state index in [9.17, 15) is 14.3 Å². The highest BCUT2D eigenvalue weighted by atomic mass is 19.1. The van der Waals surface area contributed by atoms with Crippen LogP contribution in [0.5, 0.6) is 5.88 Å². The molecule has 7 rings (SSSR count). The van der Waals surface area contributed by atoms with Gasteiger partial charge in [0.15, 0.2) is 0 Å². The lowest BCUT2D eigenvalue weighted by atomic mass is 9.87. The molecule has 2 saturated heterocycles. The van der Waals surface area contributed by atoms with E-state index in [1.165, 1.54) is 0 Å². The molecule has 1 aromatic heterocycles. The summed E-state index contributed by atoms with van der Waals surface area (Å²) in [5.74, 6) is -0.0585. The van der Waals surface area contributed by atoms with Gasteiger partial charge >= 0.3 is 5.97 Å². The van der Waals surface area contributed by atoms with Crippen LogP contribution in [-0.4, -0.2) is 74.4 Å². The highest BCUT2D eigenvalue weighted by molar-refractivity contribution is 5.92. The minimum atomic E-state index is -0.936. The molecule has 11 heteroatoms. The Bertz CT molecular complexity index is 1560. The van der Waals surface area contributed by atoms with Crippen LogP contribution < -0.4 is 20.3 Å². The number of anilines is 2. The second-order valence-electron chi connectivity index (χ2n) is 12.8. The van der Waals surface area contributed by atoms with Gasteiger partial charge in [-0.25, -0.2) is 14.2 Å². The van der Waals surface area contributed by atoms with Crippen molar-refractivity contribution in [3.63, 3.8) is 0 Å². The van der Waals surface area contributed by atoms with Crippen molar-refractivity contribution in [3.05, 3.63) is 82.3 Å². The molecular formula is C35H41FN4O6. The van der Waals surface area contributed by atoms with Crippen LogP contribution in [0.4, 0.5) is 15.8 Å². The van der Waals surface area contributed by atoms with Crippen LogP contribution in [0.15, 0.2) is 48.5 Å². The summed E-state index contributed by atoms with van der Waals surface area (Å²) in [6, 6.07) is 14.4. The lowest BCUT2D eigenvalue weighted by Crippen LogP contribution is -2.49. The number of nitrogens with one attached hydrogen (secondary N) is 2. The average molecular weight is 633 g/mol. The predicted octanol–water partition coefficient (Wildman–Crippen LogP) is 4.89. The van der Waals surface area contributed by atoms with Gasteiger partial charge in [0.25, 0.3) is 0 Å². The summed E-state index contributed by atoms with van der Waals surface area (Å²) in [6.07, 6.45) is 1.97. The number of hydrogen-bond acceptors (Lipinski definition) is 9. The van der Waals surface area contributed by atoms with Gasteiger partial charge in [-0.1, -0.05) is 19.1 Å². The van der Waals surface area contributed by atoms with Gasteiger partial charge in [0, 0.05) is 43.2 Å². The smallest absolute Gasteiger partial charge is 0.335 e. The molecule has 5 heterocycles. The summed E-state index contributed by atoms with van der Waals surface area (Å²) in [5.41, 5.74) is 5.58. The summed E-state index contributed by atoms with van der Waals surface area (Å²) in [5, 5.41) is 16.7. The number of carboxylic acid groups (broad SMARTS) is 1. The number of aromatic carboxylic acids is 1. The average Bonchev–Trinajstić information content (AvgIpc) is 3.25. The summed E-state index contributed by atoms with van der Waals surface area (Å²) < 4.78 is 37.8. The van der Waals surface area contributed by atoms with Crippen molar-refractivity contribution in [2.45, 2.75) is 57.1 Å². The van der Waals surface area contributed by atoms with Crippen LogP contribution in [0.1, 0.15) is 64.3 Å². The van der Waals surface area contributed by atoms with Gasteiger partial charge in [0.1, 0.15) is 18.6 Å². The first-order valence-electron chi connectivity index (χ1n) is 16.2. The molecule has 0 spiro atoms. The molecule has 0 saturated carbocycles. The first kappa shape index (κ1) is 30.9. The molecule has 4 unspecified atom stereocenters. The van der Waals surface area contributed by atoms with E-state index >= 15 is 0 Å². The van der Waals surface area contributed by atoms with Gasteiger partial charge in [0.2, 0.25) is 5.88 Å². The van der Waals surface area contributed by atoms with Gasteiger partial charge in [-0.2, -0.15) is 0 Å². The largest absolute Gasteiger partial charge is 0.478 e. The lowest BCUT2D eigenvalue weighted by Gasteiger charge is -2.35. The molecule has 0 radical (unpaired) electrons. The highest BCUT2D eigenvalue weighted by Gasteiger charge is 2.33. The molecule has 0 bridgehead atoms. The van der Waals surface area contributed by atoms with Gasteiger partial charge in [0.05, 0.1) is 55.2 Å².